The van der Waals surface area contributed by atoms with Crippen LogP contribution in [0.4, 0.5) is 0 Å². The molecule has 0 fully saturated rings. The summed E-state index contributed by atoms with van der Waals surface area (Å²) in [5.41, 5.74) is 7.67. The van der Waals surface area contributed by atoms with Gasteiger partial charge in [0, 0.05) is 6.54 Å². The first-order valence-electron chi connectivity index (χ1n) is 4.78. The lowest BCUT2D eigenvalue weighted by molar-refractivity contribution is 0.470. The molecule has 80 valence electrons. The average molecular weight is 204 g/mol. The Kier molecular flexibility index (Phi) is 4.06. The third kappa shape index (κ3) is 2.67. The number of allylic oxidation sites excluding steroid dienone is 3. The Bertz CT molecular complexity index is 363. The Morgan fingerprint density at radius 1 is 1.73 bits per heavy atom. The van der Waals surface area contributed by atoms with E-state index < -0.39 is 0 Å². The van der Waals surface area contributed by atoms with Crippen molar-refractivity contribution in [3.05, 3.63) is 54.8 Å². The van der Waals surface area contributed by atoms with E-state index in [1.54, 1.807) is 18.5 Å². The number of hydrogen-bond donors (Lipinski definition) is 1. The molecular weight excluding hydrogens is 188 g/mol. The van der Waals surface area contributed by atoms with E-state index in [9.17, 15) is 0 Å². The van der Waals surface area contributed by atoms with Crippen molar-refractivity contribution in [2.45, 2.75) is 12.8 Å². The van der Waals surface area contributed by atoms with Crippen molar-refractivity contribution in [3.8, 4) is 0 Å². The highest BCUT2D eigenvalue weighted by Gasteiger charge is 2.19. The Balaban J connectivity index is 3.04. The molecule has 1 unspecified atom stereocenters. The van der Waals surface area contributed by atoms with Gasteiger partial charge in [0.15, 0.2) is 0 Å². The molecule has 3 heteroatoms. The number of hydrogen-bond acceptors (Lipinski definition) is 3. The molecule has 0 saturated heterocycles. The molecule has 0 radical (unpaired) electrons. The molecule has 0 spiro atoms. The normalized spacial score (nSPS) is 13.6. The maximum absolute atomic E-state index is 5.72. The van der Waals surface area contributed by atoms with Gasteiger partial charge in [0.25, 0.3) is 0 Å². The lowest BCUT2D eigenvalue weighted by atomic mass is 9.93. The molecule has 1 rings (SSSR count). The van der Waals surface area contributed by atoms with E-state index in [1.807, 2.05) is 13.0 Å². The van der Waals surface area contributed by atoms with Crippen molar-refractivity contribution in [2.75, 3.05) is 6.54 Å². The van der Waals surface area contributed by atoms with E-state index in [0.29, 0.717) is 12.4 Å². The molecule has 0 saturated carbocycles. The topological polar surface area (TPSA) is 52.0 Å². The van der Waals surface area contributed by atoms with Crippen LogP contribution in [-0.4, -0.2) is 11.5 Å². The van der Waals surface area contributed by atoms with Gasteiger partial charge < -0.3 is 10.2 Å². The van der Waals surface area contributed by atoms with Crippen LogP contribution >= 0.6 is 0 Å². The summed E-state index contributed by atoms with van der Waals surface area (Å²) in [6, 6.07) is 0. The Morgan fingerprint density at radius 2 is 2.47 bits per heavy atom. The van der Waals surface area contributed by atoms with Gasteiger partial charge in [0.2, 0.25) is 5.89 Å². The summed E-state index contributed by atoms with van der Waals surface area (Å²) in [5.74, 6) is 0.573. The summed E-state index contributed by atoms with van der Waals surface area (Å²) in [5, 5.41) is 0. The SMILES string of the molecule is C=C/C=C(\C(=C)C)C(CN)c1ncco1. The Hall–Kier alpha value is -1.61. The van der Waals surface area contributed by atoms with Crippen LogP contribution in [-0.2, 0) is 0 Å². The van der Waals surface area contributed by atoms with Crippen LogP contribution < -0.4 is 5.73 Å². The number of nitrogens with zero attached hydrogens (tertiary/aromatic N) is 1. The summed E-state index contributed by atoms with van der Waals surface area (Å²) in [4.78, 5) is 4.11. The van der Waals surface area contributed by atoms with Crippen molar-refractivity contribution in [3.63, 3.8) is 0 Å². The van der Waals surface area contributed by atoms with Crippen LogP contribution in [0, 0.1) is 0 Å². The second-order valence-electron chi connectivity index (χ2n) is 3.30. The maximum atomic E-state index is 5.72. The summed E-state index contributed by atoms with van der Waals surface area (Å²) in [6.45, 7) is 9.95. The standard InChI is InChI=1S/C12H16N2O/c1-4-5-10(9(2)3)11(8-13)12-14-6-7-15-12/h4-7,11H,1-2,8,13H2,3H3/b10-5+. The third-order valence-corrected chi connectivity index (χ3v) is 2.15. The number of rotatable bonds is 5. The van der Waals surface area contributed by atoms with Gasteiger partial charge in [-0.2, -0.15) is 0 Å². The average Bonchev–Trinajstić information content (AvgIpc) is 2.71. The van der Waals surface area contributed by atoms with Crippen LogP contribution in [0.25, 0.3) is 0 Å². The smallest absolute Gasteiger partial charge is 0.202 e. The summed E-state index contributed by atoms with van der Waals surface area (Å²) in [6.07, 6.45) is 6.77. The molecule has 2 N–H and O–H groups in total. The van der Waals surface area contributed by atoms with Gasteiger partial charge >= 0.3 is 0 Å². The Labute approximate surface area is 90.0 Å². The molecule has 0 bridgehead atoms. The fourth-order valence-corrected chi connectivity index (χ4v) is 1.45. The molecule has 0 aliphatic heterocycles. The quantitative estimate of drug-likeness (QED) is 0.749. The van der Waals surface area contributed by atoms with Crippen LogP contribution in [0.5, 0.6) is 0 Å². The van der Waals surface area contributed by atoms with Crippen LogP contribution in [0.1, 0.15) is 18.7 Å². The molecule has 0 aliphatic carbocycles. The van der Waals surface area contributed by atoms with Gasteiger partial charge in [-0.25, -0.2) is 4.98 Å². The third-order valence-electron chi connectivity index (χ3n) is 2.15. The van der Waals surface area contributed by atoms with Crippen molar-refractivity contribution < 1.29 is 4.42 Å². The van der Waals surface area contributed by atoms with Gasteiger partial charge in [-0.15, -0.1) is 0 Å². The zero-order valence-corrected chi connectivity index (χ0v) is 8.94. The molecule has 0 amide bonds. The van der Waals surface area contributed by atoms with Gasteiger partial charge in [-0.3, -0.25) is 0 Å². The molecule has 1 aromatic heterocycles. The zero-order valence-electron chi connectivity index (χ0n) is 8.94. The largest absolute Gasteiger partial charge is 0.448 e. The van der Waals surface area contributed by atoms with Crippen LogP contribution in [0.3, 0.4) is 0 Å². The van der Waals surface area contributed by atoms with Crippen molar-refractivity contribution in [1.82, 2.24) is 4.98 Å². The van der Waals surface area contributed by atoms with Crippen molar-refractivity contribution >= 4 is 0 Å². The molecular formula is C12H16N2O. The van der Waals surface area contributed by atoms with Gasteiger partial charge in [-0.1, -0.05) is 30.9 Å². The highest BCUT2D eigenvalue weighted by atomic mass is 16.3. The summed E-state index contributed by atoms with van der Waals surface area (Å²) in [7, 11) is 0. The first kappa shape index (κ1) is 11.5. The van der Waals surface area contributed by atoms with E-state index in [1.165, 1.54) is 0 Å². The van der Waals surface area contributed by atoms with E-state index in [-0.39, 0.29) is 5.92 Å². The molecule has 0 aromatic carbocycles. The molecule has 1 heterocycles. The summed E-state index contributed by atoms with van der Waals surface area (Å²) < 4.78 is 5.26. The number of nitrogens with two attached hydrogens (primary N) is 1. The van der Waals surface area contributed by atoms with Gasteiger partial charge in [-0.05, 0) is 12.5 Å². The summed E-state index contributed by atoms with van der Waals surface area (Å²) >= 11 is 0. The monoisotopic (exact) mass is 204 g/mol. The van der Waals surface area contributed by atoms with Crippen LogP contribution in [0.2, 0.25) is 0 Å². The second-order valence-corrected chi connectivity index (χ2v) is 3.30. The van der Waals surface area contributed by atoms with Crippen molar-refractivity contribution in [1.29, 1.82) is 0 Å². The fraction of sp³-hybridized carbons (Fsp3) is 0.250. The molecule has 15 heavy (non-hydrogen) atoms. The maximum Gasteiger partial charge on any atom is 0.202 e. The fourth-order valence-electron chi connectivity index (χ4n) is 1.45. The zero-order chi connectivity index (χ0) is 11.3. The van der Waals surface area contributed by atoms with E-state index in [2.05, 4.69) is 18.1 Å². The highest BCUT2D eigenvalue weighted by Crippen LogP contribution is 2.26. The Morgan fingerprint density at radius 3 is 2.87 bits per heavy atom. The van der Waals surface area contributed by atoms with Gasteiger partial charge in [0.05, 0.1) is 12.1 Å². The molecule has 0 aliphatic rings. The lowest BCUT2D eigenvalue weighted by Crippen LogP contribution is -2.15. The van der Waals surface area contributed by atoms with E-state index in [0.717, 1.165) is 11.1 Å². The minimum atomic E-state index is -0.0458. The minimum Gasteiger partial charge on any atom is -0.448 e. The molecule has 1 atom stereocenters. The molecule has 1 aromatic rings. The predicted molar refractivity (Wildman–Crippen MR) is 61.4 cm³/mol. The predicted octanol–water partition coefficient (Wildman–Crippen LogP) is 2.41. The van der Waals surface area contributed by atoms with E-state index in [4.69, 9.17) is 10.2 Å². The van der Waals surface area contributed by atoms with Gasteiger partial charge in [0.1, 0.15) is 6.26 Å². The van der Waals surface area contributed by atoms with Crippen LogP contribution in [0.15, 0.2) is 53.3 Å². The minimum absolute atomic E-state index is 0.0458. The highest BCUT2D eigenvalue weighted by molar-refractivity contribution is 5.36. The molecule has 3 nitrogen and oxygen atoms in total. The lowest BCUT2D eigenvalue weighted by Gasteiger charge is -2.15. The number of oxazole rings is 1. The van der Waals surface area contributed by atoms with E-state index >= 15 is 0 Å². The first-order chi connectivity index (χ1) is 7.20. The number of aromatic nitrogens is 1. The first-order valence-corrected chi connectivity index (χ1v) is 4.78. The second kappa shape index (κ2) is 5.32. The van der Waals surface area contributed by atoms with Crippen molar-refractivity contribution in [2.24, 2.45) is 5.73 Å².